The summed E-state index contributed by atoms with van der Waals surface area (Å²) in [6, 6.07) is 12.7. The highest BCUT2D eigenvalue weighted by Crippen LogP contribution is 2.16. The van der Waals surface area contributed by atoms with Gasteiger partial charge in [0.2, 0.25) is 0 Å². The van der Waals surface area contributed by atoms with E-state index < -0.39 is 5.56 Å². The number of nitrogens with one attached hydrogen (secondary N) is 1. The molecule has 0 saturated carbocycles. The van der Waals surface area contributed by atoms with Crippen LogP contribution in [0.5, 0.6) is 0 Å². The molecule has 0 spiro atoms. The third-order valence-corrected chi connectivity index (χ3v) is 3.42. The predicted molar refractivity (Wildman–Crippen MR) is 89.5 cm³/mol. The molecule has 6 nitrogen and oxygen atoms in total. The highest BCUT2D eigenvalue weighted by atomic mass is 35.5. The summed E-state index contributed by atoms with van der Waals surface area (Å²) in [4.78, 5) is 12.3. The lowest BCUT2D eigenvalue weighted by molar-refractivity contribution is 0.528. The van der Waals surface area contributed by atoms with E-state index in [0.717, 1.165) is 5.76 Å². The Hall–Kier alpha value is -2.86. The van der Waals surface area contributed by atoms with Crippen molar-refractivity contribution < 1.29 is 4.42 Å². The minimum Gasteiger partial charge on any atom is -0.460 e. The van der Waals surface area contributed by atoms with Gasteiger partial charge in [0.1, 0.15) is 22.2 Å². The Morgan fingerprint density at radius 1 is 1.26 bits per heavy atom. The third kappa shape index (κ3) is 3.32. The van der Waals surface area contributed by atoms with Gasteiger partial charge in [0.25, 0.3) is 5.56 Å². The third-order valence-electron chi connectivity index (χ3n) is 3.06. The minimum atomic E-state index is -0.424. The van der Waals surface area contributed by atoms with Gasteiger partial charge in [-0.25, -0.2) is 0 Å². The van der Waals surface area contributed by atoms with E-state index in [0.29, 0.717) is 17.1 Å². The summed E-state index contributed by atoms with van der Waals surface area (Å²) in [7, 11) is 0. The van der Waals surface area contributed by atoms with Gasteiger partial charge in [-0.15, -0.1) is 0 Å². The molecule has 2 heterocycles. The van der Waals surface area contributed by atoms with E-state index in [-0.39, 0.29) is 5.02 Å². The van der Waals surface area contributed by atoms with Gasteiger partial charge in [-0.2, -0.15) is 14.9 Å². The maximum absolute atomic E-state index is 12.3. The Balaban J connectivity index is 1.83. The second kappa shape index (κ2) is 6.50. The van der Waals surface area contributed by atoms with Crippen LogP contribution in [0.4, 0.5) is 5.69 Å². The first-order chi connectivity index (χ1) is 11.1. The zero-order valence-electron chi connectivity index (χ0n) is 12.2. The number of nitrogens with zero attached hydrogens (tertiary/aromatic N) is 3. The number of anilines is 1. The molecule has 2 aromatic heterocycles. The zero-order valence-corrected chi connectivity index (χ0v) is 13.0. The Morgan fingerprint density at radius 3 is 2.74 bits per heavy atom. The molecule has 0 radical (unpaired) electrons. The lowest BCUT2D eigenvalue weighted by Gasteiger charge is -2.07. The summed E-state index contributed by atoms with van der Waals surface area (Å²) >= 11 is 6.10. The van der Waals surface area contributed by atoms with Gasteiger partial charge in [-0.05, 0) is 31.2 Å². The molecule has 0 fully saturated rings. The molecular formula is C16H13ClN4O2. The van der Waals surface area contributed by atoms with Crippen LogP contribution >= 0.6 is 11.6 Å². The maximum atomic E-state index is 12.3. The average Bonchev–Trinajstić information content (AvgIpc) is 2.98. The van der Waals surface area contributed by atoms with Gasteiger partial charge in [0, 0.05) is 0 Å². The van der Waals surface area contributed by atoms with Crippen LogP contribution in [-0.4, -0.2) is 16.0 Å². The van der Waals surface area contributed by atoms with Crippen LogP contribution in [0.25, 0.3) is 5.69 Å². The van der Waals surface area contributed by atoms with Gasteiger partial charge in [0.05, 0.1) is 18.1 Å². The van der Waals surface area contributed by atoms with E-state index in [9.17, 15) is 4.79 Å². The second-order valence-electron chi connectivity index (χ2n) is 4.74. The van der Waals surface area contributed by atoms with Crippen molar-refractivity contribution in [1.82, 2.24) is 9.78 Å². The summed E-state index contributed by atoms with van der Waals surface area (Å²) in [6.45, 7) is 1.84. The average molecular weight is 329 g/mol. The van der Waals surface area contributed by atoms with Crippen molar-refractivity contribution in [2.75, 3.05) is 5.43 Å². The highest BCUT2D eigenvalue weighted by Gasteiger charge is 2.09. The standard InChI is InChI=1S/C16H13ClN4O2/c1-11-7-8-13(23-11)9-18-20-14-10-19-21(16(22)15(14)17)12-5-3-2-4-6-12/h2-10,20H,1H3/b18-9-. The van der Waals surface area contributed by atoms with E-state index >= 15 is 0 Å². The molecule has 0 aliphatic heterocycles. The molecule has 3 rings (SSSR count). The fourth-order valence-electron chi connectivity index (χ4n) is 1.95. The smallest absolute Gasteiger partial charge is 0.292 e. The van der Waals surface area contributed by atoms with Crippen LogP contribution in [0, 0.1) is 6.92 Å². The van der Waals surface area contributed by atoms with Crippen molar-refractivity contribution in [3.63, 3.8) is 0 Å². The number of aryl methyl sites for hydroxylation is 1. The summed E-state index contributed by atoms with van der Waals surface area (Å²) in [5.41, 5.74) is 3.23. The van der Waals surface area contributed by atoms with Crippen LogP contribution in [0.1, 0.15) is 11.5 Å². The van der Waals surface area contributed by atoms with Gasteiger partial charge in [-0.1, -0.05) is 29.8 Å². The van der Waals surface area contributed by atoms with Crippen LogP contribution in [0.3, 0.4) is 0 Å². The monoisotopic (exact) mass is 328 g/mol. The fraction of sp³-hybridized carbons (Fsp3) is 0.0625. The first-order valence-corrected chi connectivity index (χ1v) is 7.22. The molecule has 0 bridgehead atoms. The largest absolute Gasteiger partial charge is 0.460 e. The van der Waals surface area contributed by atoms with Crippen molar-refractivity contribution in [2.45, 2.75) is 6.92 Å². The number of hydrazone groups is 1. The predicted octanol–water partition coefficient (Wildman–Crippen LogP) is 3.23. The number of hydrogen-bond acceptors (Lipinski definition) is 5. The summed E-state index contributed by atoms with van der Waals surface area (Å²) in [5, 5.41) is 8.10. The molecule has 1 N–H and O–H groups in total. The molecule has 1 aromatic carbocycles. The van der Waals surface area contributed by atoms with Crippen molar-refractivity contribution >= 4 is 23.5 Å². The molecular weight excluding hydrogens is 316 g/mol. The molecule has 0 saturated heterocycles. The Bertz CT molecular complexity index is 900. The van der Waals surface area contributed by atoms with E-state index in [1.165, 1.54) is 17.1 Å². The number of benzene rings is 1. The maximum Gasteiger partial charge on any atom is 0.292 e. The van der Waals surface area contributed by atoms with Crippen molar-refractivity contribution in [1.29, 1.82) is 0 Å². The first kappa shape index (κ1) is 15.1. The van der Waals surface area contributed by atoms with Gasteiger partial charge in [0.15, 0.2) is 0 Å². The molecule has 7 heteroatoms. The Kier molecular flexibility index (Phi) is 4.25. The number of hydrogen-bond donors (Lipinski definition) is 1. The molecule has 116 valence electrons. The van der Waals surface area contributed by atoms with Crippen LogP contribution in [0.2, 0.25) is 5.02 Å². The normalized spacial score (nSPS) is 11.0. The molecule has 23 heavy (non-hydrogen) atoms. The molecule has 0 unspecified atom stereocenters. The SMILES string of the molecule is Cc1ccc(/C=N\Nc2cnn(-c3ccccc3)c(=O)c2Cl)o1. The van der Waals surface area contributed by atoms with E-state index in [1.807, 2.05) is 31.2 Å². The summed E-state index contributed by atoms with van der Waals surface area (Å²) in [5.74, 6) is 1.38. The zero-order chi connectivity index (χ0) is 16.2. The molecule has 3 aromatic rings. The molecule has 0 aliphatic rings. The van der Waals surface area contributed by atoms with Crippen molar-refractivity contribution in [3.8, 4) is 5.69 Å². The summed E-state index contributed by atoms with van der Waals surface area (Å²) in [6.07, 6.45) is 2.94. The van der Waals surface area contributed by atoms with Crippen LogP contribution in [-0.2, 0) is 0 Å². The number of furan rings is 1. The van der Waals surface area contributed by atoms with Crippen molar-refractivity contribution in [3.05, 3.63) is 75.6 Å². The van der Waals surface area contributed by atoms with Crippen molar-refractivity contribution in [2.24, 2.45) is 5.10 Å². The fourth-order valence-corrected chi connectivity index (χ4v) is 2.12. The Morgan fingerprint density at radius 2 is 2.04 bits per heavy atom. The number of halogens is 1. The van der Waals surface area contributed by atoms with Gasteiger partial charge in [-0.3, -0.25) is 10.2 Å². The molecule has 0 atom stereocenters. The van der Waals surface area contributed by atoms with Crippen LogP contribution < -0.4 is 11.0 Å². The minimum absolute atomic E-state index is 0.0108. The number of para-hydroxylation sites is 1. The molecule has 0 amide bonds. The van der Waals surface area contributed by atoms with E-state index in [4.69, 9.17) is 16.0 Å². The molecule has 0 aliphatic carbocycles. The second-order valence-corrected chi connectivity index (χ2v) is 5.12. The van der Waals surface area contributed by atoms with Gasteiger partial charge >= 0.3 is 0 Å². The van der Waals surface area contributed by atoms with E-state index in [2.05, 4.69) is 15.6 Å². The first-order valence-electron chi connectivity index (χ1n) is 6.84. The van der Waals surface area contributed by atoms with Crippen LogP contribution in [0.15, 0.2) is 63.0 Å². The van der Waals surface area contributed by atoms with E-state index in [1.54, 1.807) is 18.2 Å². The van der Waals surface area contributed by atoms with Gasteiger partial charge < -0.3 is 4.42 Å². The quantitative estimate of drug-likeness (QED) is 0.589. The number of rotatable bonds is 4. The highest BCUT2D eigenvalue weighted by molar-refractivity contribution is 6.32. The lowest BCUT2D eigenvalue weighted by Crippen LogP contribution is -2.22. The summed E-state index contributed by atoms with van der Waals surface area (Å²) < 4.78 is 6.58. The Labute approximate surface area is 137 Å². The lowest BCUT2D eigenvalue weighted by atomic mass is 10.3. The topological polar surface area (TPSA) is 72.4 Å². The number of aromatic nitrogens is 2.